The molecule has 9 nitrogen and oxygen atoms in total. The molecular weight excluding hydrogens is 244 g/mol. The molecule has 0 fully saturated rings. The van der Waals surface area contributed by atoms with Gasteiger partial charge in [-0.15, -0.1) is 0 Å². The van der Waals surface area contributed by atoms with Crippen molar-refractivity contribution in [2.24, 2.45) is 11.5 Å². The van der Waals surface area contributed by atoms with Gasteiger partial charge in [0.25, 0.3) is 11.4 Å². The number of carbonyl (C=O) groups is 1. The van der Waals surface area contributed by atoms with E-state index in [0.717, 1.165) is 18.2 Å². The molecule has 1 atom stereocenters. The van der Waals surface area contributed by atoms with Gasteiger partial charge in [0.2, 0.25) is 0 Å². The summed E-state index contributed by atoms with van der Waals surface area (Å²) in [4.78, 5) is 30.6. The molecular formula is C9H10N4O5. The topological polar surface area (TPSA) is 155 Å². The van der Waals surface area contributed by atoms with Crippen LogP contribution in [0.4, 0.5) is 11.4 Å². The maximum absolute atomic E-state index is 10.8. The van der Waals surface area contributed by atoms with E-state index in [2.05, 4.69) is 0 Å². The maximum Gasteiger partial charge on any atom is 0.280 e. The van der Waals surface area contributed by atoms with Gasteiger partial charge in [-0.2, -0.15) is 0 Å². The van der Waals surface area contributed by atoms with Gasteiger partial charge in [-0.1, -0.05) is 0 Å². The second-order valence-electron chi connectivity index (χ2n) is 3.50. The summed E-state index contributed by atoms with van der Waals surface area (Å²) in [6, 6.07) is 2.94. The van der Waals surface area contributed by atoms with Crippen LogP contribution >= 0.6 is 0 Å². The van der Waals surface area contributed by atoms with Crippen LogP contribution in [0, 0.1) is 20.2 Å². The molecule has 0 aliphatic carbocycles. The zero-order chi connectivity index (χ0) is 13.9. The third-order valence-electron chi connectivity index (χ3n) is 2.34. The van der Waals surface area contributed by atoms with Gasteiger partial charge in [0.05, 0.1) is 28.0 Å². The predicted molar refractivity (Wildman–Crippen MR) is 60.7 cm³/mol. The molecule has 0 aromatic heterocycles. The van der Waals surface area contributed by atoms with E-state index in [1.54, 1.807) is 0 Å². The zero-order valence-corrected chi connectivity index (χ0v) is 9.05. The molecule has 0 amide bonds. The lowest BCUT2D eigenvalue weighted by molar-refractivity contribution is -0.394. The van der Waals surface area contributed by atoms with Gasteiger partial charge >= 0.3 is 0 Å². The summed E-state index contributed by atoms with van der Waals surface area (Å²) in [5, 5.41) is 21.3. The average molecular weight is 254 g/mol. The van der Waals surface area contributed by atoms with E-state index in [-0.39, 0.29) is 5.56 Å². The summed E-state index contributed by atoms with van der Waals surface area (Å²) in [6.07, 6.45) is -0.749. The van der Waals surface area contributed by atoms with E-state index in [9.17, 15) is 25.0 Å². The minimum absolute atomic E-state index is 0.0457. The SMILES string of the molecule is NC(N)C(C=O)c1ccc([N+](=O)[O-])cc1[N+](=O)[O-]. The van der Waals surface area contributed by atoms with Gasteiger partial charge < -0.3 is 16.3 Å². The van der Waals surface area contributed by atoms with Crippen LogP contribution in [0.3, 0.4) is 0 Å². The number of benzene rings is 1. The van der Waals surface area contributed by atoms with E-state index in [1.807, 2.05) is 0 Å². The summed E-state index contributed by atoms with van der Waals surface area (Å²) in [6.45, 7) is 0. The van der Waals surface area contributed by atoms with Crippen LogP contribution in [0.1, 0.15) is 11.5 Å². The lowest BCUT2D eigenvalue weighted by Crippen LogP contribution is -2.38. The molecule has 4 N–H and O–H groups in total. The molecule has 0 saturated heterocycles. The molecule has 0 aliphatic heterocycles. The highest BCUT2D eigenvalue weighted by Crippen LogP contribution is 2.30. The van der Waals surface area contributed by atoms with Gasteiger partial charge in [0, 0.05) is 11.6 Å². The summed E-state index contributed by atoms with van der Waals surface area (Å²) in [7, 11) is 0. The standard InChI is InChI=1S/C9H10N4O5/c10-9(11)7(4-14)6-2-1-5(12(15)16)3-8(6)13(17)18/h1-4,7,9H,10-11H2. The number of aldehydes is 1. The fourth-order valence-corrected chi connectivity index (χ4v) is 1.46. The molecule has 0 radical (unpaired) electrons. The molecule has 1 aromatic carbocycles. The van der Waals surface area contributed by atoms with Crippen LogP contribution in [-0.2, 0) is 4.79 Å². The van der Waals surface area contributed by atoms with Crippen molar-refractivity contribution in [1.82, 2.24) is 0 Å². The lowest BCUT2D eigenvalue weighted by Gasteiger charge is -2.14. The number of rotatable bonds is 5. The molecule has 9 heteroatoms. The summed E-state index contributed by atoms with van der Waals surface area (Å²) < 4.78 is 0. The maximum atomic E-state index is 10.8. The van der Waals surface area contributed by atoms with Crippen LogP contribution < -0.4 is 11.5 Å². The first-order chi connectivity index (χ1) is 8.38. The largest absolute Gasteiger partial charge is 0.315 e. The number of hydrogen-bond acceptors (Lipinski definition) is 7. The monoisotopic (exact) mass is 254 g/mol. The number of nitro benzene ring substituents is 2. The van der Waals surface area contributed by atoms with E-state index in [4.69, 9.17) is 11.5 Å². The minimum Gasteiger partial charge on any atom is -0.315 e. The predicted octanol–water partition coefficient (Wildman–Crippen LogP) is 0.0290. The first-order valence-electron chi connectivity index (χ1n) is 4.77. The normalized spacial score (nSPS) is 12.2. The fraction of sp³-hybridized carbons (Fsp3) is 0.222. The first-order valence-corrected chi connectivity index (χ1v) is 4.77. The highest BCUT2D eigenvalue weighted by atomic mass is 16.6. The van der Waals surface area contributed by atoms with Gasteiger partial charge in [0.15, 0.2) is 0 Å². The molecule has 0 saturated carbocycles. The van der Waals surface area contributed by atoms with Crippen molar-refractivity contribution in [3.05, 3.63) is 44.0 Å². The van der Waals surface area contributed by atoms with Crippen molar-refractivity contribution in [3.63, 3.8) is 0 Å². The Balaban J connectivity index is 3.40. The quantitative estimate of drug-likeness (QED) is 0.325. The number of nitro groups is 2. The Labute approximate surface area is 101 Å². The molecule has 0 heterocycles. The summed E-state index contributed by atoms with van der Waals surface area (Å²) >= 11 is 0. The van der Waals surface area contributed by atoms with Crippen molar-refractivity contribution in [1.29, 1.82) is 0 Å². The number of carbonyl (C=O) groups excluding carboxylic acids is 1. The van der Waals surface area contributed by atoms with Crippen molar-refractivity contribution >= 4 is 17.7 Å². The Morgan fingerprint density at radius 3 is 2.17 bits per heavy atom. The van der Waals surface area contributed by atoms with Gasteiger partial charge in [-0.25, -0.2) is 0 Å². The average Bonchev–Trinajstić information content (AvgIpc) is 2.29. The zero-order valence-electron chi connectivity index (χ0n) is 9.05. The van der Waals surface area contributed by atoms with E-state index in [1.165, 1.54) is 0 Å². The Hall–Kier alpha value is -2.39. The van der Waals surface area contributed by atoms with Crippen LogP contribution in [-0.4, -0.2) is 22.3 Å². The molecule has 1 aromatic rings. The van der Waals surface area contributed by atoms with E-state index >= 15 is 0 Å². The second-order valence-corrected chi connectivity index (χ2v) is 3.50. The summed E-state index contributed by atoms with van der Waals surface area (Å²) in [5.41, 5.74) is 9.63. The van der Waals surface area contributed by atoms with Crippen LogP contribution in [0.2, 0.25) is 0 Å². The van der Waals surface area contributed by atoms with Gasteiger partial charge in [-0.05, 0) is 6.07 Å². The smallest absolute Gasteiger partial charge is 0.280 e. The Morgan fingerprint density at radius 1 is 1.17 bits per heavy atom. The lowest BCUT2D eigenvalue weighted by atomic mass is 9.96. The third kappa shape index (κ3) is 2.64. The van der Waals surface area contributed by atoms with Crippen LogP contribution in [0.25, 0.3) is 0 Å². The molecule has 1 unspecified atom stereocenters. The molecule has 96 valence electrons. The van der Waals surface area contributed by atoms with Crippen molar-refractivity contribution in [2.45, 2.75) is 12.1 Å². The molecule has 18 heavy (non-hydrogen) atoms. The van der Waals surface area contributed by atoms with Crippen molar-refractivity contribution in [2.75, 3.05) is 0 Å². The number of nitrogens with zero attached hydrogens (tertiary/aromatic N) is 2. The Bertz CT molecular complexity index is 502. The van der Waals surface area contributed by atoms with Crippen molar-refractivity contribution in [3.8, 4) is 0 Å². The van der Waals surface area contributed by atoms with Crippen LogP contribution in [0.5, 0.6) is 0 Å². The van der Waals surface area contributed by atoms with Crippen molar-refractivity contribution < 1.29 is 14.6 Å². The van der Waals surface area contributed by atoms with E-state index in [0.29, 0.717) is 6.29 Å². The molecule has 0 bridgehead atoms. The second kappa shape index (κ2) is 5.29. The highest BCUT2D eigenvalue weighted by molar-refractivity contribution is 5.68. The molecule has 1 rings (SSSR count). The van der Waals surface area contributed by atoms with E-state index < -0.39 is 33.3 Å². The number of non-ortho nitro benzene ring substituents is 1. The van der Waals surface area contributed by atoms with Gasteiger partial charge in [0.1, 0.15) is 6.29 Å². The number of hydrogen-bond donors (Lipinski definition) is 2. The van der Waals surface area contributed by atoms with Crippen LogP contribution in [0.15, 0.2) is 18.2 Å². The third-order valence-corrected chi connectivity index (χ3v) is 2.34. The Kier molecular flexibility index (Phi) is 4.02. The van der Waals surface area contributed by atoms with Gasteiger partial charge in [-0.3, -0.25) is 20.2 Å². The molecule has 0 aliphatic rings. The minimum atomic E-state index is -1.12. The number of nitrogens with two attached hydrogens (primary N) is 2. The molecule has 0 spiro atoms. The first kappa shape index (κ1) is 13.7. The Morgan fingerprint density at radius 2 is 1.78 bits per heavy atom. The highest BCUT2D eigenvalue weighted by Gasteiger charge is 2.27. The summed E-state index contributed by atoms with van der Waals surface area (Å²) in [5.74, 6) is -1.09. The fourth-order valence-electron chi connectivity index (χ4n) is 1.46.